The molecule has 22 heavy (non-hydrogen) atoms. The summed E-state index contributed by atoms with van der Waals surface area (Å²) in [5.74, 6) is -0.289. The summed E-state index contributed by atoms with van der Waals surface area (Å²) in [5.41, 5.74) is 8.29. The van der Waals surface area contributed by atoms with Crippen LogP contribution in [0.3, 0.4) is 0 Å². The van der Waals surface area contributed by atoms with Crippen LogP contribution in [0.5, 0.6) is 17.2 Å². The summed E-state index contributed by atoms with van der Waals surface area (Å²) in [6.07, 6.45) is 0.396. The average Bonchev–Trinajstić information content (AvgIpc) is 2.47. The van der Waals surface area contributed by atoms with Gasteiger partial charge in [-0.3, -0.25) is 5.43 Å². The predicted molar refractivity (Wildman–Crippen MR) is 84.8 cm³/mol. The van der Waals surface area contributed by atoms with Gasteiger partial charge < -0.3 is 25.1 Å². The maximum atomic E-state index is 10.9. The molecule has 0 spiro atoms. The molecular weight excluding hydrogens is 310 g/mol. The smallest absolute Gasteiger partial charge is 0.344 e. The highest BCUT2D eigenvalue weighted by Crippen LogP contribution is 2.38. The van der Waals surface area contributed by atoms with E-state index in [1.165, 1.54) is 27.4 Å². The summed E-state index contributed by atoms with van der Waals surface area (Å²) < 4.78 is 15.8. The van der Waals surface area contributed by atoms with E-state index in [1.807, 2.05) is 0 Å². The first-order valence-corrected chi connectivity index (χ1v) is 6.53. The van der Waals surface area contributed by atoms with Crippen molar-refractivity contribution in [1.29, 1.82) is 0 Å². The zero-order chi connectivity index (χ0) is 16.7. The van der Waals surface area contributed by atoms with Gasteiger partial charge in [0, 0.05) is 5.56 Å². The molecule has 9 heteroatoms. The van der Waals surface area contributed by atoms with Gasteiger partial charge in [-0.2, -0.15) is 5.10 Å². The van der Waals surface area contributed by atoms with Gasteiger partial charge >= 0.3 is 5.97 Å². The second kappa shape index (κ2) is 8.03. The highest BCUT2D eigenvalue weighted by Gasteiger charge is 2.20. The van der Waals surface area contributed by atoms with E-state index in [9.17, 15) is 4.79 Å². The molecule has 0 aliphatic carbocycles. The van der Waals surface area contributed by atoms with Crippen molar-refractivity contribution in [1.82, 2.24) is 5.43 Å². The van der Waals surface area contributed by atoms with E-state index in [1.54, 1.807) is 12.1 Å². The van der Waals surface area contributed by atoms with Gasteiger partial charge in [0.15, 0.2) is 22.7 Å². The number of carboxylic acid groups (broad SMARTS) is 1. The first-order valence-electron chi connectivity index (χ1n) is 6.13. The van der Waals surface area contributed by atoms with E-state index in [2.05, 4.69) is 22.7 Å². The second-order valence-electron chi connectivity index (χ2n) is 4.09. The normalized spacial score (nSPS) is 11.8. The number of aliphatic carboxylic acids is 1. The van der Waals surface area contributed by atoms with Crippen LogP contribution in [0.4, 0.5) is 0 Å². The quantitative estimate of drug-likeness (QED) is 0.381. The number of nitrogens with one attached hydrogen (secondary N) is 1. The first-order chi connectivity index (χ1) is 10.4. The Bertz CT molecular complexity index is 566. The lowest BCUT2D eigenvalue weighted by molar-refractivity contribution is -0.144. The van der Waals surface area contributed by atoms with Gasteiger partial charge in [0.1, 0.15) is 0 Å². The molecule has 0 radical (unpaired) electrons. The second-order valence-corrected chi connectivity index (χ2v) is 4.53. The minimum Gasteiger partial charge on any atom is -0.493 e. The molecule has 1 unspecified atom stereocenters. The molecule has 0 heterocycles. The topological polar surface area (TPSA) is 115 Å². The van der Waals surface area contributed by atoms with Crippen LogP contribution in [0.2, 0.25) is 0 Å². The summed E-state index contributed by atoms with van der Waals surface area (Å²) in [5, 5.41) is 12.8. The summed E-state index contributed by atoms with van der Waals surface area (Å²) in [6, 6.07) is 3.22. The maximum Gasteiger partial charge on any atom is 0.344 e. The number of hydrogen-bond acceptors (Lipinski definition) is 6. The lowest BCUT2D eigenvalue weighted by Crippen LogP contribution is -2.24. The summed E-state index contributed by atoms with van der Waals surface area (Å²) >= 11 is 4.63. The van der Waals surface area contributed by atoms with Crippen LogP contribution in [-0.2, 0) is 4.79 Å². The highest BCUT2D eigenvalue weighted by atomic mass is 32.1. The first kappa shape index (κ1) is 17.5. The van der Waals surface area contributed by atoms with Gasteiger partial charge in [0.05, 0.1) is 20.4 Å². The Morgan fingerprint density at radius 3 is 2.36 bits per heavy atom. The Labute approximate surface area is 132 Å². The molecule has 0 saturated heterocycles. The fraction of sp³-hybridized carbons (Fsp3) is 0.308. The number of carbonyl (C=O) groups is 1. The van der Waals surface area contributed by atoms with E-state index in [4.69, 9.17) is 25.1 Å². The lowest BCUT2D eigenvalue weighted by atomic mass is 10.2. The third-order valence-electron chi connectivity index (χ3n) is 2.51. The molecule has 120 valence electrons. The van der Waals surface area contributed by atoms with Crippen LogP contribution >= 0.6 is 12.2 Å². The third kappa shape index (κ3) is 4.77. The van der Waals surface area contributed by atoms with Crippen molar-refractivity contribution in [3.05, 3.63) is 17.7 Å². The van der Waals surface area contributed by atoms with Crippen molar-refractivity contribution in [3.8, 4) is 17.2 Å². The molecule has 1 aromatic rings. The Balaban J connectivity index is 3.15. The van der Waals surface area contributed by atoms with Crippen LogP contribution in [0, 0.1) is 0 Å². The zero-order valence-corrected chi connectivity index (χ0v) is 13.1. The van der Waals surface area contributed by atoms with Crippen molar-refractivity contribution in [2.45, 2.75) is 13.0 Å². The SMILES string of the molecule is COc1cc(C=NNC(N)=S)cc(OC)c1OC(C)C(=O)O. The molecule has 1 rings (SSSR count). The summed E-state index contributed by atoms with van der Waals surface area (Å²) in [4.78, 5) is 10.9. The van der Waals surface area contributed by atoms with Crippen LogP contribution in [-0.4, -0.2) is 42.7 Å². The molecule has 0 fully saturated rings. The summed E-state index contributed by atoms with van der Waals surface area (Å²) in [7, 11) is 2.86. The number of carboxylic acids is 1. The standard InChI is InChI=1S/C13H17N3O5S/c1-7(12(17)18)21-11-9(19-2)4-8(5-10(11)20-3)6-15-16-13(14)22/h4-7H,1-3H3,(H,17,18)(H3,14,16,22). The number of hydrogen-bond donors (Lipinski definition) is 3. The Morgan fingerprint density at radius 1 is 1.41 bits per heavy atom. The predicted octanol–water partition coefficient (Wildman–Crippen LogP) is 0.723. The van der Waals surface area contributed by atoms with E-state index in [0.717, 1.165) is 0 Å². The lowest BCUT2D eigenvalue weighted by Gasteiger charge is -2.17. The van der Waals surface area contributed by atoms with E-state index in [0.29, 0.717) is 17.1 Å². The fourth-order valence-electron chi connectivity index (χ4n) is 1.49. The summed E-state index contributed by atoms with van der Waals surface area (Å²) in [6.45, 7) is 1.41. The molecule has 0 bridgehead atoms. The molecule has 1 atom stereocenters. The van der Waals surface area contributed by atoms with Crippen LogP contribution in [0.1, 0.15) is 12.5 Å². The minimum absolute atomic E-state index is 0.0328. The molecule has 0 aliphatic heterocycles. The highest BCUT2D eigenvalue weighted by molar-refractivity contribution is 7.80. The van der Waals surface area contributed by atoms with Crippen molar-refractivity contribution < 1.29 is 24.1 Å². The van der Waals surface area contributed by atoms with Crippen LogP contribution < -0.4 is 25.4 Å². The molecular formula is C13H17N3O5S. The Hall–Kier alpha value is -2.55. The molecule has 4 N–H and O–H groups in total. The number of nitrogens with zero attached hydrogens (tertiary/aromatic N) is 1. The van der Waals surface area contributed by atoms with Gasteiger partial charge in [-0.25, -0.2) is 4.79 Å². The van der Waals surface area contributed by atoms with Crippen molar-refractivity contribution in [2.75, 3.05) is 14.2 Å². The number of methoxy groups -OCH3 is 2. The van der Waals surface area contributed by atoms with Crippen LogP contribution in [0.15, 0.2) is 17.2 Å². The average molecular weight is 327 g/mol. The van der Waals surface area contributed by atoms with E-state index < -0.39 is 12.1 Å². The third-order valence-corrected chi connectivity index (χ3v) is 2.60. The van der Waals surface area contributed by atoms with E-state index >= 15 is 0 Å². The number of benzene rings is 1. The zero-order valence-electron chi connectivity index (χ0n) is 12.3. The van der Waals surface area contributed by atoms with E-state index in [-0.39, 0.29) is 10.9 Å². The van der Waals surface area contributed by atoms with Gasteiger partial charge in [-0.05, 0) is 31.3 Å². The van der Waals surface area contributed by atoms with Crippen molar-refractivity contribution in [3.63, 3.8) is 0 Å². The molecule has 0 aliphatic rings. The minimum atomic E-state index is -1.10. The van der Waals surface area contributed by atoms with Gasteiger partial charge in [-0.15, -0.1) is 0 Å². The number of nitrogens with two attached hydrogens (primary N) is 1. The molecule has 1 aromatic carbocycles. The monoisotopic (exact) mass is 327 g/mol. The number of ether oxygens (including phenoxy) is 3. The van der Waals surface area contributed by atoms with Crippen LogP contribution in [0.25, 0.3) is 0 Å². The largest absolute Gasteiger partial charge is 0.493 e. The van der Waals surface area contributed by atoms with Gasteiger partial charge in [0.2, 0.25) is 5.75 Å². The van der Waals surface area contributed by atoms with Crippen molar-refractivity contribution in [2.24, 2.45) is 10.8 Å². The Morgan fingerprint density at radius 2 is 1.95 bits per heavy atom. The molecule has 0 aromatic heterocycles. The fourth-order valence-corrected chi connectivity index (χ4v) is 1.54. The van der Waals surface area contributed by atoms with Crippen molar-refractivity contribution >= 4 is 29.5 Å². The molecule has 8 nitrogen and oxygen atoms in total. The number of rotatable bonds is 7. The number of thiocarbonyl (C=S) groups is 1. The molecule has 0 amide bonds. The molecule has 0 saturated carbocycles. The Kier molecular flexibility index (Phi) is 6.39. The van der Waals surface area contributed by atoms with Gasteiger partial charge in [0.25, 0.3) is 0 Å². The van der Waals surface area contributed by atoms with Gasteiger partial charge in [-0.1, -0.05) is 0 Å². The maximum absolute atomic E-state index is 10.9. The number of hydrazone groups is 1.